The average molecular weight is 300 g/mol. The maximum atomic E-state index is 13.4. The minimum atomic E-state index is -0.334. The quantitative estimate of drug-likeness (QED) is 0.854. The van der Waals surface area contributed by atoms with Crippen molar-refractivity contribution in [2.75, 3.05) is 5.33 Å². The van der Waals surface area contributed by atoms with Crippen LogP contribution in [-0.2, 0) is 0 Å². The second-order valence-electron chi connectivity index (χ2n) is 4.69. The van der Waals surface area contributed by atoms with Crippen LogP contribution in [0.5, 0.6) is 0 Å². The third kappa shape index (κ3) is 2.51. The van der Waals surface area contributed by atoms with Crippen LogP contribution in [0, 0.1) is 12.7 Å². The molecule has 1 saturated carbocycles. The maximum Gasteiger partial charge on any atom is 0.251 e. The van der Waals surface area contributed by atoms with E-state index >= 15 is 0 Å². The van der Waals surface area contributed by atoms with Crippen molar-refractivity contribution in [3.63, 3.8) is 0 Å². The predicted molar refractivity (Wildman–Crippen MR) is 69.0 cm³/mol. The van der Waals surface area contributed by atoms with Crippen molar-refractivity contribution < 1.29 is 9.18 Å². The fourth-order valence-electron chi connectivity index (χ4n) is 1.94. The van der Waals surface area contributed by atoms with Crippen molar-refractivity contribution in [3.8, 4) is 0 Å². The van der Waals surface area contributed by atoms with Gasteiger partial charge < -0.3 is 5.32 Å². The first kappa shape index (κ1) is 12.6. The van der Waals surface area contributed by atoms with Crippen molar-refractivity contribution in [3.05, 3.63) is 35.1 Å². The van der Waals surface area contributed by atoms with E-state index in [0.29, 0.717) is 11.1 Å². The Morgan fingerprint density at radius 3 is 2.71 bits per heavy atom. The molecule has 0 spiro atoms. The van der Waals surface area contributed by atoms with Gasteiger partial charge in [0.25, 0.3) is 5.91 Å². The Morgan fingerprint density at radius 2 is 2.24 bits per heavy atom. The highest BCUT2D eigenvalue weighted by molar-refractivity contribution is 9.09. The molecule has 0 heterocycles. The highest BCUT2D eigenvalue weighted by atomic mass is 79.9. The van der Waals surface area contributed by atoms with Crippen LogP contribution in [0.25, 0.3) is 0 Å². The van der Waals surface area contributed by atoms with E-state index in [0.717, 1.165) is 24.6 Å². The summed E-state index contributed by atoms with van der Waals surface area (Å²) < 4.78 is 13.4. The van der Waals surface area contributed by atoms with E-state index in [1.807, 2.05) is 0 Å². The molecule has 17 heavy (non-hydrogen) atoms. The van der Waals surface area contributed by atoms with Gasteiger partial charge in [-0.2, -0.15) is 0 Å². The highest BCUT2D eigenvalue weighted by Gasteiger charge is 2.37. The minimum absolute atomic E-state index is 0.127. The molecule has 0 atom stereocenters. The van der Waals surface area contributed by atoms with Gasteiger partial charge in [-0.15, -0.1) is 0 Å². The van der Waals surface area contributed by atoms with E-state index in [2.05, 4.69) is 21.2 Å². The second kappa shape index (κ2) is 4.77. The number of hydrogen-bond donors (Lipinski definition) is 1. The summed E-state index contributed by atoms with van der Waals surface area (Å²) >= 11 is 3.42. The summed E-state index contributed by atoms with van der Waals surface area (Å²) in [6, 6.07) is 4.59. The summed E-state index contributed by atoms with van der Waals surface area (Å²) in [4.78, 5) is 12.0. The maximum absolute atomic E-state index is 13.4. The summed E-state index contributed by atoms with van der Waals surface area (Å²) in [6.07, 6.45) is 3.10. The van der Waals surface area contributed by atoms with Crippen LogP contribution >= 0.6 is 15.9 Å². The van der Waals surface area contributed by atoms with Crippen molar-refractivity contribution in [2.45, 2.75) is 31.7 Å². The van der Waals surface area contributed by atoms with Gasteiger partial charge in [0.2, 0.25) is 0 Å². The normalized spacial score (nSPS) is 17.4. The number of alkyl halides is 1. The van der Waals surface area contributed by atoms with E-state index in [1.165, 1.54) is 6.07 Å². The molecule has 0 unspecified atom stereocenters. The number of carbonyl (C=O) groups excluding carboxylic acids is 1. The summed E-state index contributed by atoms with van der Waals surface area (Å²) in [7, 11) is 0. The Kier molecular flexibility index (Phi) is 3.52. The lowest BCUT2D eigenvalue weighted by Crippen LogP contribution is -2.54. The fourth-order valence-corrected chi connectivity index (χ4v) is 2.64. The van der Waals surface area contributed by atoms with Gasteiger partial charge in [-0.3, -0.25) is 4.79 Å². The third-order valence-corrected chi connectivity index (χ3v) is 4.45. The molecule has 1 amide bonds. The van der Waals surface area contributed by atoms with Crippen LogP contribution < -0.4 is 5.32 Å². The first-order valence-corrected chi connectivity index (χ1v) is 6.83. The number of amides is 1. The molecule has 92 valence electrons. The zero-order valence-corrected chi connectivity index (χ0v) is 11.3. The molecule has 2 nitrogen and oxygen atoms in total. The first-order valence-electron chi connectivity index (χ1n) is 5.71. The minimum Gasteiger partial charge on any atom is -0.346 e. The Balaban J connectivity index is 2.11. The van der Waals surface area contributed by atoms with Gasteiger partial charge in [-0.1, -0.05) is 22.0 Å². The van der Waals surface area contributed by atoms with E-state index in [-0.39, 0.29) is 17.3 Å². The molecule has 1 aliphatic carbocycles. The van der Waals surface area contributed by atoms with Gasteiger partial charge in [0.15, 0.2) is 0 Å². The standard InChI is InChI=1S/C13H15BrFNO/c1-9-3-4-10(7-11(9)15)12(17)16-13(8-14)5-2-6-13/h3-4,7H,2,5-6,8H2,1H3,(H,16,17). The average Bonchev–Trinajstić information content (AvgIpc) is 2.27. The van der Waals surface area contributed by atoms with Crippen molar-refractivity contribution in [1.82, 2.24) is 5.32 Å². The zero-order chi connectivity index (χ0) is 12.5. The Morgan fingerprint density at radius 1 is 1.53 bits per heavy atom. The molecular formula is C13H15BrFNO. The van der Waals surface area contributed by atoms with E-state index in [9.17, 15) is 9.18 Å². The summed E-state index contributed by atoms with van der Waals surface area (Å²) in [5, 5.41) is 3.74. The van der Waals surface area contributed by atoms with Crippen LogP contribution in [0.3, 0.4) is 0 Å². The van der Waals surface area contributed by atoms with Crippen molar-refractivity contribution in [2.24, 2.45) is 0 Å². The largest absolute Gasteiger partial charge is 0.346 e. The molecule has 0 radical (unpaired) electrons. The molecule has 1 aromatic rings. The topological polar surface area (TPSA) is 29.1 Å². The molecule has 4 heteroatoms. The van der Waals surface area contributed by atoms with E-state index < -0.39 is 0 Å². The number of aryl methyl sites for hydroxylation is 1. The van der Waals surface area contributed by atoms with Gasteiger partial charge >= 0.3 is 0 Å². The monoisotopic (exact) mass is 299 g/mol. The molecule has 0 bridgehead atoms. The van der Waals surface area contributed by atoms with Crippen LogP contribution in [0.1, 0.15) is 35.2 Å². The molecule has 1 fully saturated rings. The lowest BCUT2D eigenvalue weighted by molar-refractivity contribution is 0.0856. The molecule has 2 rings (SSSR count). The van der Waals surface area contributed by atoms with Gasteiger partial charge in [0.1, 0.15) is 5.82 Å². The van der Waals surface area contributed by atoms with Crippen molar-refractivity contribution >= 4 is 21.8 Å². The molecule has 0 aliphatic heterocycles. The van der Waals surface area contributed by atoms with Gasteiger partial charge in [-0.25, -0.2) is 4.39 Å². The SMILES string of the molecule is Cc1ccc(C(=O)NC2(CBr)CCC2)cc1F. The van der Waals surface area contributed by atoms with Crippen LogP contribution in [-0.4, -0.2) is 16.8 Å². The van der Waals surface area contributed by atoms with Gasteiger partial charge in [-0.05, 0) is 43.9 Å². The number of carbonyl (C=O) groups is 1. The van der Waals surface area contributed by atoms with Crippen molar-refractivity contribution in [1.29, 1.82) is 0 Å². The number of hydrogen-bond acceptors (Lipinski definition) is 1. The summed E-state index contributed by atoms with van der Waals surface area (Å²) in [6.45, 7) is 1.68. The predicted octanol–water partition coefficient (Wildman–Crippen LogP) is 3.18. The Labute approximate surface area is 109 Å². The zero-order valence-electron chi connectivity index (χ0n) is 9.72. The van der Waals surface area contributed by atoms with E-state index in [4.69, 9.17) is 0 Å². The first-order chi connectivity index (χ1) is 8.06. The van der Waals surface area contributed by atoms with Crippen LogP contribution in [0.2, 0.25) is 0 Å². The number of benzene rings is 1. The molecule has 0 aromatic heterocycles. The number of halogens is 2. The number of nitrogens with one attached hydrogen (secondary N) is 1. The second-order valence-corrected chi connectivity index (χ2v) is 5.25. The number of rotatable bonds is 3. The summed E-state index contributed by atoms with van der Waals surface area (Å²) in [5.74, 6) is -0.526. The van der Waals surface area contributed by atoms with Crippen LogP contribution in [0.4, 0.5) is 4.39 Å². The molecule has 1 aliphatic rings. The molecule has 0 saturated heterocycles. The highest BCUT2D eigenvalue weighted by Crippen LogP contribution is 2.33. The van der Waals surface area contributed by atoms with Gasteiger partial charge in [0, 0.05) is 10.9 Å². The smallest absolute Gasteiger partial charge is 0.251 e. The van der Waals surface area contributed by atoms with Gasteiger partial charge in [0.05, 0.1) is 5.54 Å². The molecular weight excluding hydrogens is 285 g/mol. The van der Waals surface area contributed by atoms with Crippen LogP contribution in [0.15, 0.2) is 18.2 Å². The van der Waals surface area contributed by atoms with E-state index in [1.54, 1.807) is 19.1 Å². The Hall–Kier alpha value is -0.900. The lowest BCUT2D eigenvalue weighted by atomic mass is 9.78. The fraction of sp³-hybridized carbons (Fsp3) is 0.462. The third-order valence-electron chi connectivity index (χ3n) is 3.38. The molecule has 1 aromatic carbocycles. The Bertz CT molecular complexity index is 438. The summed E-state index contributed by atoms with van der Waals surface area (Å²) in [5.41, 5.74) is 0.819. The molecule has 1 N–H and O–H groups in total. The lowest BCUT2D eigenvalue weighted by Gasteiger charge is -2.41.